The van der Waals surface area contributed by atoms with Crippen molar-refractivity contribution in [3.63, 3.8) is 0 Å². The summed E-state index contributed by atoms with van der Waals surface area (Å²) in [5.41, 5.74) is -0.420. The van der Waals surface area contributed by atoms with Gasteiger partial charge in [0.1, 0.15) is 0 Å². The van der Waals surface area contributed by atoms with Crippen molar-refractivity contribution in [3.05, 3.63) is 0 Å². The Labute approximate surface area is 86.3 Å². The highest BCUT2D eigenvalue weighted by molar-refractivity contribution is 8.00. The summed E-state index contributed by atoms with van der Waals surface area (Å²) in [6, 6.07) is 0. The molecular weight excluding hydrogens is 180 g/mol. The van der Waals surface area contributed by atoms with E-state index < -0.39 is 5.60 Å². The van der Waals surface area contributed by atoms with Gasteiger partial charge >= 0.3 is 0 Å². The van der Waals surface area contributed by atoms with Crippen molar-refractivity contribution >= 4 is 11.8 Å². The van der Waals surface area contributed by atoms with Gasteiger partial charge in [0.2, 0.25) is 0 Å². The number of hydrogen-bond donors (Lipinski definition) is 1. The highest BCUT2D eigenvalue weighted by atomic mass is 32.2. The van der Waals surface area contributed by atoms with E-state index in [1.807, 2.05) is 11.8 Å². The first-order valence-electron chi connectivity index (χ1n) is 5.32. The predicted molar refractivity (Wildman–Crippen MR) is 60.1 cm³/mol. The number of rotatable bonds is 2. The molecule has 1 N–H and O–H groups in total. The lowest BCUT2D eigenvalue weighted by atomic mass is 9.76. The second-order valence-electron chi connectivity index (χ2n) is 4.64. The Balaban J connectivity index is 2.71. The average Bonchev–Trinajstić information content (AvgIpc) is 2.09. The molecule has 3 atom stereocenters. The van der Waals surface area contributed by atoms with Crippen LogP contribution in [0.5, 0.6) is 0 Å². The van der Waals surface area contributed by atoms with Crippen LogP contribution in [0.1, 0.15) is 40.5 Å². The van der Waals surface area contributed by atoms with Gasteiger partial charge in [0.25, 0.3) is 0 Å². The maximum atomic E-state index is 10.6. The molecule has 78 valence electrons. The molecule has 0 aromatic rings. The lowest BCUT2D eigenvalue weighted by Crippen LogP contribution is -2.48. The molecule has 1 aliphatic rings. The van der Waals surface area contributed by atoms with Gasteiger partial charge in [0, 0.05) is 5.25 Å². The summed E-state index contributed by atoms with van der Waals surface area (Å²) in [5.74, 6) is 2.20. The van der Waals surface area contributed by atoms with Crippen LogP contribution >= 0.6 is 11.8 Å². The van der Waals surface area contributed by atoms with E-state index in [1.54, 1.807) is 0 Å². The molecule has 1 rings (SSSR count). The zero-order chi connectivity index (χ0) is 10.1. The van der Waals surface area contributed by atoms with Crippen LogP contribution in [0, 0.1) is 11.8 Å². The summed E-state index contributed by atoms with van der Waals surface area (Å²) < 4.78 is 0. The van der Waals surface area contributed by atoms with Crippen molar-refractivity contribution in [1.29, 1.82) is 0 Å². The van der Waals surface area contributed by atoms with Gasteiger partial charge in [-0.2, -0.15) is 11.8 Å². The molecule has 0 aliphatic carbocycles. The molecule has 0 bridgehead atoms. The minimum atomic E-state index is -0.420. The highest BCUT2D eigenvalue weighted by Gasteiger charge is 2.42. The smallest absolute Gasteiger partial charge is 0.0791 e. The second kappa shape index (κ2) is 4.22. The van der Waals surface area contributed by atoms with Crippen molar-refractivity contribution in [2.75, 3.05) is 5.75 Å². The first-order chi connectivity index (χ1) is 5.98. The second-order valence-corrected chi connectivity index (χ2v) is 6.09. The van der Waals surface area contributed by atoms with Crippen LogP contribution in [-0.4, -0.2) is 21.7 Å². The Morgan fingerprint density at radius 1 is 1.38 bits per heavy atom. The van der Waals surface area contributed by atoms with Crippen molar-refractivity contribution in [1.82, 2.24) is 0 Å². The molecule has 0 saturated carbocycles. The van der Waals surface area contributed by atoms with Crippen LogP contribution in [0.25, 0.3) is 0 Å². The van der Waals surface area contributed by atoms with E-state index in [-0.39, 0.29) is 0 Å². The van der Waals surface area contributed by atoms with Gasteiger partial charge in [-0.15, -0.1) is 0 Å². The minimum absolute atomic E-state index is 0.402. The molecule has 3 unspecified atom stereocenters. The molecule has 0 aromatic carbocycles. The number of hydrogen-bond acceptors (Lipinski definition) is 2. The first-order valence-corrected chi connectivity index (χ1v) is 6.37. The van der Waals surface area contributed by atoms with Gasteiger partial charge < -0.3 is 5.11 Å². The predicted octanol–water partition coefficient (Wildman–Crippen LogP) is 2.93. The van der Waals surface area contributed by atoms with E-state index in [2.05, 4.69) is 27.7 Å². The fraction of sp³-hybridized carbons (Fsp3) is 1.00. The summed E-state index contributed by atoms with van der Waals surface area (Å²) >= 11 is 1.92. The molecule has 1 heterocycles. The lowest BCUT2D eigenvalue weighted by molar-refractivity contribution is -0.0376. The fourth-order valence-electron chi connectivity index (χ4n) is 2.14. The van der Waals surface area contributed by atoms with Crippen molar-refractivity contribution < 1.29 is 5.11 Å². The van der Waals surface area contributed by atoms with Gasteiger partial charge in [0.15, 0.2) is 0 Å². The molecule has 0 radical (unpaired) electrons. The van der Waals surface area contributed by atoms with Crippen molar-refractivity contribution in [2.45, 2.75) is 51.4 Å². The topological polar surface area (TPSA) is 20.2 Å². The Morgan fingerprint density at radius 2 is 2.00 bits per heavy atom. The molecule has 0 aromatic heterocycles. The van der Waals surface area contributed by atoms with E-state index in [1.165, 1.54) is 12.2 Å². The summed E-state index contributed by atoms with van der Waals surface area (Å²) in [6.07, 6.45) is 2.16. The minimum Gasteiger partial charge on any atom is -0.388 e. The molecule has 1 nitrogen and oxygen atoms in total. The Morgan fingerprint density at radius 3 is 2.46 bits per heavy atom. The van der Waals surface area contributed by atoms with E-state index in [0.717, 1.165) is 6.42 Å². The molecule has 0 amide bonds. The molecule has 1 aliphatic heterocycles. The molecule has 1 fully saturated rings. The van der Waals surface area contributed by atoms with Crippen LogP contribution < -0.4 is 0 Å². The van der Waals surface area contributed by atoms with Gasteiger partial charge in [-0.3, -0.25) is 0 Å². The third-order valence-electron chi connectivity index (χ3n) is 3.58. The van der Waals surface area contributed by atoms with Crippen LogP contribution in [0.2, 0.25) is 0 Å². The van der Waals surface area contributed by atoms with Gasteiger partial charge in [-0.1, -0.05) is 27.7 Å². The first kappa shape index (κ1) is 11.4. The Bertz CT molecular complexity index is 169. The van der Waals surface area contributed by atoms with Crippen LogP contribution in [0.4, 0.5) is 0 Å². The van der Waals surface area contributed by atoms with Crippen molar-refractivity contribution in [3.8, 4) is 0 Å². The molecule has 2 heteroatoms. The summed E-state index contributed by atoms with van der Waals surface area (Å²) in [4.78, 5) is 0. The Hall–Kier alpha value is 0.310. The van der Waals surface area contributed by atoms with E-state index in [9.17, 15) is 5.11 Å². The third-order valence-corrected chi connectivity index (χ3v) is 5.01. The summed E-state index contributed by atoms with van der Waals surface area (Å²) in [7, 11) is 0. The van der Waals surface area contributed by atoms with Gasteiger partial charge in [-0.05, 0) is 30.4 Å². The van der Waals surface area contributed by atoms with Crippen LogP contribution in [0.3, 0.4) is 0 Å². The van der Waals surface area contributed by atoms with Gasteiger partial charge in [0.05, 0.1) is 5.60 Å². The monoisotopic (exact) mass is 202 g/mol. The fourth-order valence-corrected chi connectivity index (χ4v) is 3.42. The normalized spacial score (nSPS) is 37.8. The largest absolute Gasteiger partial charge is 0.388 e. The van der Waals surface area contributed by atoms with E-state index in [4.69, 9.17) is 0 Å². The van der Waals surface area contributed by atoms with E-state index >= 15 is 0 Å². The molecule has 1 saturated heterocycles. The Kier molecular flexibility index (Phi) is 3.70. The van der Waals surface area contributed by atoms with Crippen molar-refractivity contribution in [2.24, 2.45) is 11.8 Å². The van der Waals surface area contributed by atoms with Crippen LogP contribution in [-0.2, 0) is 0 Å². The maximum Gasteiger partial charge on any atom is 0.0791 e. The summed E-state index contributed by atoms with van der Waals surface area (Å²) in [5, 5.41) is 11.0. The number of thioether (sulfide) groups is 1. The zero-order valence-electron chi connectivity index (χ0n) is 9.21. The third kappa shape index (κ3) is 2.21. The lowest BCUT2D eigenvalue weighted by Gasteiger charge is -2.43. The molecular formula is C11H22OS. The zero-order valence-corrected chi connectivity index (χ0v) is 10.0. The van der Waals surface area contributed by atoms with Crippen LogP contribution in [0.15, 0.2) is 0 Å². The SMILES string of the molecule is CC(C)C(C)C1(O)CCCSC1C. The average molecular weight is 202 g/mol. The standard InChI is InChI=1S/C11H22OS/c1-8(2)9(3)11(12)6-5-7-13-10(11)4/h8-10,12H,5-7H2,1-4H3. The highest BCUT2D eigenvalue weighted by Crippen LogP contribution is 2.41. The molecule has 0 spiro atoms. The maximum absolute atomic E-state index is 10.6. The van der Waals surface area contributed by atoms with Gasteiger partial charge in [-0.25, -0.2) is 0 Å². The summed E-state index contributed by atoms with van der Waals surface area (Å²) in [6.45, 7) is 8.76. The molecule has 13 heavy (non-hydrogen) atoms. The quantitative estimate of drug-likeness (QED) is 0.743. The van der Waals surface area contributed by atoms with E-state index in [0.29, 0.717) is 17.1 Å². The number of aliphatic hydroxyl groups is 1.